The summed E-state index contributed by atoms with van der Waals surface area (Å²) in [6.45, 7) is 4.38. The van der Waals surface area contributed by atoms with E-state index in [-0.39, 0.29) is 17.9 Å². The van der Waals surface area contributed by atoms with E-state index in [1.54, 1.807) is 24.3 Å². The lowest BCUT2D eigenvalue weighted by Gasteiger charge is -2.11. The molecule has 0 aliphatic heterocycles. The predicted molar refractivity (Wildman–Crippen MR) is 83.1 cm³/mol. The number of nitrogens with one attached hydrogen (secondary N) is 1. The highest BCUT2D eigenvalue weighted by Gasteiger charge is 2.10. The summed E-state index contributed by atoms with van der Waals surface area (Å²) >= 11 is 0. The maximum absolute atomic E-state index is 11.8. The van der Waals surface area contributed by atoms with Crippen LogP contribution >= 0.6 is 0 Å². The number of nitrogens with two attached hydrogens (primary N) is 1. The number of amides is 1. The minimum absolute atomic E-state index is 0.113. The van der Waals surface area contributed by atoms with E-state index in [0.717, 1.165) is 19.3 Å². The predicted octanol–water partition coefficient (Wildman–Crippen LogP) is 2.71. The van der Waals surface area contributed by atoms with Crippen LogP contribution in [0.5, 0.6) is 0 Å². The lowest BCUT2D eigenvalue weighted by Crippen LogP contribution is -2.26. The molecule has 1 atom stereocenters. The summed E-state index contributed by atoms with van der Waals surface area (Å²) < 4.78 is 5.03. The van der Waals surface area contributed by atoms with E-state index in [1.807, 2.05) is 13.8 Å². The molecule has 0 saturated carbocycles. The molecular weight excluding hydrogens is 268 g/mol. The number of ether oxygens (including phenoxy) is 1. The van der Waals surface area contributed by atoms with Crippen molar-refractivity contribution in [2.75, 3.05) is 11.9 Å². The maximum atomic E-state index is 11.8. The van der Waals surface area contributed by atoms with Gasteiger partial charge in [0.15, 0.2) is 0 Å². The summed E-state index contributed by atoms with van der Waals surface area (Å²) in [7, 11) is 0. The third kappa shape index (κ3) is 6.40. The molecule has 3 N–H and O–H groups in total. The van der Waals surface area contributed by atoms with Gasteiger partial charge in [0.25, 0.3) is 0 Å². The lowest BCUT2D eigenvalue weighted by molar-refractivity contribution is -0.116. The summed E-state index contributed by atoms with van der Waals surface area (Å²) in [4.78, 5) is 23.4. The fourth-order valence-corrected chi connectivity index (χ4v) is 1.89. The largest absolute Gasteiger partial charge is 0.462 e. The molecule has 116 valence electrons. The molecule has 0 aliphatic carbocycles. The highest BCUT2D eigenvalue weighted by molar-refractivity contribution is 5.93. The summed E-state index contributed by atoms with van der Waals surface area (Å²) in [5.41, 5.74) is 6.95. The average molecular weight is 292 g/mol. The second-order valence-corrected chi connectivity index (χ2v) is 5.01. The number of hydrogen-bond donors (Lipinski definition) is 2. The van der Waals surface area contributed by atoms with Gasteiger partial charge in [0.1, 0.15) is 0 Å². The van der Waals surface area contributed by atoms with Gasteiger partial charge in [0.2, 0.25) is 5.91 Å². The van der Waals surface area contributed by atoms with Gasteiger partial charge in [-0.25, -0.2) is 4.79 Å². The van der Waals surface area contributed by atoms with Crippen molar-refractivity contribution in [3.8, 4) is 0 Å². The van der Waals surface area contributed by atoms with Crippen molar-refractivity contribution in [1.82, 2.24) is 0 Å². The molecule has 0 bridgehead atoms. The first-order chi connectivity index (χ1) is 10.1. The topological polar surface area (TPSA) is 81.4 Å². The zero-order valence-corrected chi connectivity index (χ0v) is 12.7. The van der Waals surface area contributed by atoms with Crippen molar-refractivity contribution in [2.45, 2.75) is 45.6 Å². The Kier molecular flexibility index (Phi) is 7.46. The van der Waals surface area contributed by atoms with E-state index in [9.17, 15) is 9.59 Å². The molecule has 21 heavy (non-hydrogen) atoms. The molecule has 1 amide bonds. The first-order valence-corrected chi connectivity index (χ1v) is 7.39. The molecule has 0 radical (unpaired) electrons. The van der Waals surface area contributed by atoms with E-state index >= 15 is 0 Å². The fourth-order valence-electron chi connectivity index (χ4n) is 1.89. The Morgan fingerprint density at radius 1 is 1.19 bits per heavy atom. The molecule has 1 aromatic rings. The summed E-state index contributed by atoms with van der Waals surface area (Å²) in [5.74, 6) is -0.461. The molecule has 1 rings (SSSR count). The Bertz CT molecular complexity index is 457. The number of carbonyl (C=O) groups excluding carboxylic acids is 2. The SMILES string of the molecule is CCCOC(=O)c1ccc(NC(=O)CC(N)CCC)cc1. The number of hydrogen-bond acceptors (Lipinski definition) is 4. The second-order valence-electron chi connectivity index (χ2n) is 5.01. The first-order valence-electron chi connectivity index (χ1n) is 7.39. The van der Waals surface area contributed by atoms with E-state index < -0.39 is 0 Å². The van der Waals surface area contributed by atoms with Crippen LogP contribution in [0.15, 0.2) is 24.3 Å². The van der Waals surface area contributed by atoms with Gasteiger partial charge in [0, 0.05) is 18.2 Å². The fraction of sp³-hybridized carbons (Fsp3) is 0.500. The summed E-state index contributed by atoms with van der Waals surface area (Å²) in [5, 5.41) is 2.77. The van der Waals surface area contributed by atoms with Gasteiger partial charge in [-0.15, -0.1) is 0 Å². The van der Waals surface area contributed by atoms with Crippen LogP contribution in [0.1, 0.15) is 49.9 Å². The van der Waals surface area contributed by atoms with Crippen LogP contribution in [0.25, 0.3) is 0 Å². The summed E-state index contributed by atoms with van der Waals surface area (Å²) in [6.07, 6.45) is 2.88. The number of esters is 1. The van der Waals surface area contributed by atoms with Gasteiger partial charge in [-0.05, 0) is 37.1 Å². The van der Waals surface area contributed by atoms with Crippen LogP contribution in [-0.4, -0.2) is 24.5 Å². The molecule has 0 aromatic heterocycles. The molecule has 5 heteroatoms. The molecule has 0 saturated heterocycles. The van der Waals surface area contributed by atoms with Crippen molar-refractivity contribution < 1.29 is 14.3 Å². The molecule has 0 heterocycles. The third-order valence-electron chi connectivity index (χ3n) is 2.95. The van der Waals surface area contributed by atoms with Crippen LogP contribution in [0, 0.1) is 0 Å². The molecule has 1 aromatic carbocycles. The normalized spacial score (nSPS) is 11.8. The minimum atomic E-state index is -0.348. The van der Waals surface area contributed by atoms with Gasteiger partial charge in [0.05, 0.1) is 12.2 Å². The average Bonchev–Trinajstić information content (AvgIpc) is 2.45. The molecule has 5 nitrogen and oxygen atoms in total. The van der Waals surface area contributed by atoms with Gasteiger partial charge >= 0.3 is 5.97 Å². The van der Waals surface area contributed by atoms with Crippen molar-refractivity contribution in [2.24, 2.45) is 5.73 Å². The molecule has 1 unspecified atom stereocenters. The van der Waals surface area contributed by atoms with E-state index in [4.69, 9.17) is 10.5 Å². The van der Waals surface area contributed by atoms with Crippen LogP contribution in [-0.2, 0) is 9.53 Å². The van der Waals surface area contributed by atoms with Gasteiger partial charge in [-0.1, -0.05) is 20.3 Å². The summed E-state index contributed by atoms with van der Waals surface area (Å²) in [6, 6.07) is 6.54. The highest BCUT2D eigenvalue weighted by Crippen LogP contribution is 2.11. The number of anilines is 1. The Labute approximate surface area is 125 Å². The van der Waals surface area contributed by atoms with Gasteiger partial charge < -0.3 is 15.8 Å². The van der Waals surface area contributed by atoms with Crippen LogP contribution in [0.2, 0.25) is 0 Å². The quantitative estimate of drug-likeness (QED) is 0.722. The monoisotopic (exact) mass is 292 g/mol. The van der Waals surface area contributed by atoms with Crippen molar-refractivity contribution >= 4 is 17.6 Å². The maximum Gasteiger partial charge on any atom is 0.338 e. The van der Waals surface area contributed by atoms with Crippen LogP contribution in [0.3, 0.4) is 0 Å². The first kappa shape index (κ1) is 17.2. The highest BCUT2D eigenvalue weighted by atomic mass is 16.5. The van der Waals surface area contributed by atoms with Crippen LogP contribution < -0.4 is 11.1 Å². The van der Waals surface area contributed by atoms with Gasteiger partial charge in [-0.3, -0.25) is 4.79 Å². The zero-order chi connectivity index (χ0) is 15.7. The Balaban J connectivity index is 2.50. The molecular formula is C16H24N2O3. The zero-order valence-electron chi connectivity index (χ0n) is 12.7. The van der Waals surface area contributed by atoms with Crippen molar-refractivity contribution in [3.05, 3.63) is 29.8 Å². The Hall–Kier alpha value is -1.88. The minimum Gasteiger partial charge on any atom is -0.462 e. The molecule has 0 spiro atoms. The standard InChI is InChI=1S/C16H24N2O3/c1-3-5-13(17)11-15(19)18-14-8-6-12(7-9-14)16(20)21-10-4-2/h6-9,13H,3-5,10-11,17H2,1-2H3,(H,18,19). The Morgan fingerprint density at radius 2 is 1.86 bits per heavy atom. The lowest BCUT2D eigenvalue weighted by atomic mass is 10.1. The van der Waals surface area contributed by atoms with E-state index in [1.165, 1.54) is 0 Å². The number of rotatable bonds is 8. The van der Waals surface area contributed by atoms with Gasteiger partial charge in [-0.2, -0.15) is 0 Å². The number of carbonyl (C=O) groups is 2. The van der Waals surface area contributed by atoms with Crippen molar-refractivity contribution in [3.63, 3.8) is 0 Å². The molecule has 0 aliphatic rings. The Morgan fingerprint density at radius 3 is 2.43 bits per heavy atom. The molecule has 0 fully saturated rings. The van der Waals surface area contributed by atoms with E-state index in [2.05, 4.69) is 5.32 Å². The smallest absolute Gasteiger partial charge is 0.338 e. The second kappa shape index (κ2) is 9.13. The number of benzene rings is 1. The van der Waals surface area contributed by atoms with Crippen molar-refractivity contribution in [1.29, 1.82) is 0 Å². The van der Waals surface area contributed by atoms with E-state index in [0.29, 0.717) is 24.3 Å². The van der Waals surface area contributed by atoms with Crippen LogP contribution in [0.4, 0.5) is 5.69 Å². The third-order valence-corrected chi connectivity index (χ3v) is 2.95.